The topological polar surface area (TPSA) is 79.8 Å². The SMILES string of the molecule is O=C(NCc1ccncc1)Nc1ccc(Sc2cnccn2)cc1. The molecule has 0 atom stereocenters. The maximum atomic E-state index is 11.9. The summed E-state index contributed by atoms with van der Waals surface area (Å²) >= 11 is 1.51. The van der Waals surface area contributed by atoms with Crippen molar-refractivity contribution in [2.24, 2.45) is 0 Å². The van der Waals surface area contributed by atoms with Gasteiger partial charge in [-0.15, -0.1) is 0 Å². The summed E-state index contributed by atoms with van der Waals surface area (Å²) in [5.41, 5.74) is 1.72. The fourth-order valence-electron chi connectivity index (χ4n) is 1.92. The molecule has 0 bridgehead atoms. The van der Waals surface area contributed by atoms with Crippen LogP contribution in [0.1, 0.15) is 5.56 Å². The lowest BCUT2D eigenvalue weighted by molar-refractivity contribution is 0.251. The summed E-state index contributed by atoms with van der Waals surface area (Å²) < 4.78 is 0. The standard InChI is InChI=1S/C17H15N5OS/c23-17(21-11-13-5-7-18-8-6-13)22-14-1-3-15(4-2-14)24-16-12-19-9-10-20-16/h1-10,12H,11H2,(H2,21,22,23). The first-order valence-corrected chi connectivity index (χ1v) is 8.09. The largest absolute Gasteiger partial charge is 0.334 e. The smallest absolute Gasteiger partial charge is 0.319 e. The number of carbonyl (C=O) groups is 1. The van der Waals surface area contributed by atoms with Crippen LogP contribution in [0, 0.1) is 0 Å². The van der Waals surface area contributed by atoms with Gasteiger partial charge in [0, 0.05) is 41.9 Å². The van der Waals surface area contributed by atoms with Crippen LogP contribution in [-0.2, 0) is 6.54 Å². The van der Waals surface area contributed by atoms with Crippen molar-refractivity contribution < 1.29 is 4.79 Å². The molecule has 3 rings (SSSR count). The Morgan fingerprint density at radius 3 is 2.46 bits per heavy atom. The number of rotatable bonds is 5. The van der Waals surface area contributed by atoms with E-state index in [-0.39, 0.29) is 6.03 Å². The fourth-order valence-corrected chi connectivity index (χ4v) is 2.66. The Balaban J connectivity index is 1.51. The van der Waals surface area contributed by atoms with Gasteiger partial charge >= 0.3 is 6.03 Å². The summed E-state index contributed by atoms with van der Waals surface area (Å²) in [6.07, 6.45) is 8.40. The van der Waals surface area contributed by atoms with E-state index in [1.54, 1.807) is 31.0 Å². The number of anilines is 1. The van der Waals surface area contributed by atoms with Crippen LogP contribution in [0.2, 0.25) is 0 Å². The molecule has 6 nitrogen and oxygen atoms in total. The van der Waals surface area contributed by atoms with E-state index in [9.17, 15) is 4.79 Å². The van der Waals surface area contributed by atoms with Crippen molar-refractivity contribution >= 4 is 23.5 Å². The first-order chi connectivity index (χ1) is 11.8. The molecule has 2 amide bonds. The van der Waals surface area contributed by atoms with Crippen molar-refractivity contribution in [2.75, 3.05) is 5.32 Å². The first-order valence-electron chi connectivity index (χ1n) is 7.27. The molecule has 3 aromatic rings. The molecule has 0 saturated heterocycles. The Labute approximate surface area is 143 Å². The van der Waals surface area contributed by atoms with Gasteiger partial charge in [0.1, 0.15) is 5.03 Å². The van der Waals surface area contributed by atoms with Crippen molar-refractivity contribution in [1.82, 2.24) is 20.3 Å². The molecule has 0 radical (unpaired) electrons. The van der Waals surface area contributed by atoms with Gasteiger partial charge < -0.3 is 10.6 Å². The molecule has 2 aromatic heterocycles. The van der Waals surface area contributed by atoms with Crippen LogP contribution in [0.25, 0.3) is 0 Å². The third-order valence-corrected chi connectivity index (χ3v) is 4.00. The van der Waals surface area contributed by atoms with E-state index in [0.717, 1.165) is 21.2 Å². The van der Waals surface area contributed by atoms with Crippen LogP contribution in [-0.4, -0.2) is 21.0 Å². The summed E-state index contributed by atoms with van der Waals surface area (Å²) in [6.45, 7) is 0.453. The molecular formula is C17H15N5OS. The molecule has 0 spiro atoms. The van der Waals surface area contributed by atoms with Gasteiger partial charge in [-0.1, -0.05) is 11.8 Å². The number of benzene rings is 1. The predicted molar refractivity (Wildman–Crippen MR) is 92.7 cm³/mol. The number of nitrogens with zero attached hydrogens (tertiary/aromatic N) is 3. The van der Waals surface area contributed by atoms with Crippen molar-refractivity contribution in [3.63, 3.8) is 0 Å². The molecule has 7 heteroatoms. The van der Waals surface area contributed by atoms with Crippen LogP contribution in [0.3, 0.4) is 0 Å². The Morgan fingerprint density at radius 1 is 0.958 bits per heavy atom. The van der Waals surface area contributed by atoms with Crippen LogP contribution >= 0.6 is 11.8 Å². The molecule has 120 valence electrons. The van der Waals surface area contributed by atoms with Crippen LogP contribution in [0.15, 0.2) is 77.3 Å². The summed E-state index contributed by atoms with van der Waals surface area (Å²) in [5.74, 6) is 0. The lowest BCUT2D eigenvalue weighted by atomic mass is 10.3. The zero-order valence-electron chi connectivity index (χ0n) is 12.7. The Morgan fingerprint density at radius 2 is 1.75 bits per heavy atom. The number of nitrogens with one attached hydrogen (secondary N) is 2. The van der Waals surface area contributed by atoms with E-state index in [0.29, 0.717) is 6.54 Å². The minimum absolute atomic E-state index is 0.249. The van der Waals surface area contributed by atoms with Gasteiger partial charge in [0.2, 0.25) is 0 Å². The number of hydrogen-bond acceptors (Lipinski definition) is 5. The Hall–Kier alpha value is -2.93. The normalized spacial score (nSPS) is 10.2. The van der Waals surface area contributed by atoms with Gasteiger partial charge in [0.25, 0.3) is 0 Å². The highest BCUT2D eigenvalue weighted by atomic mass is 32.2. The second-order valence-electron chi connectivity index (χ2n) is 4.83. The van der Waals surface area contributed by atoms with Crippen LogP contribution < -0.4 is 10.6 Å². The number of urea groups is 1. The molecule has 2 N–H and O–H groups in total. The number of aromatic nitrogens is 3. The van der Waals surface area contributed by atoms with E-state index in [4.69, 9.17) is 0 Å². The number of pyridine rings is 1. The lowest BCUT2D eigenvalue weighted by Gasteiger charge is -2.08. The lowest BCUT2D eigenvalue weighted by Crippen LogP contribution is -2.28. The fraction of sp³-hybridized carbons (Fsp3) is 0.0588. The van der Waals surface area contributed by atoms with Gasteiger partial charge in [-0.05, 0) is 42.0 Å². The maximum absolute atomic E-state index is 11.9. The average Bonchev–Trinajstić information content (AvgIpc) is 2.63. The minimum Gasteiger partial charge on any atom is -0.334 e. The summed E-state index contributed by atoms with van der Waals surface area (Å²) in [6, 6.07) is 11.0. The highest BCUT2D eigenvalue weighted by molar-refractivity contribution is 7.99. The van der Waals surface area contributed by atoms with Gasteiger partial charge in [-0.3, -0.25) is 9.97 Å². The minimum atomic E-state index is -0.249. The average molecular weight is 337 g/mol. The zero-order chi connectivity index (χ0) is 16.6. The first kappa shape index (κ1) is 15.9. The van der Waals surface area contributed by atoms with Crippen LogP contribution in [0.4, 0.5) is 10.5 Å². The molecule has 0 unspecified atom stereocenters. The quantitative estimate of drug-likeness (QED) is 0.746. The number of amides is 2. The number of hydrogen-bond donors (Lipinski definition) is 2. The van der Waals surface area contributed by atoms with Gasteiger partial charge in [0.15, 0.2) is 0 Å². The van der Waals surface area contributed by atoms with E-state index >= 15 is 0 Å². The molecule has 24 heavy (non-hydrogen) atoms. The Kier molecular flexibility index (Phi) is 5.36. The molecule has 0 fully saturated rings. The molecule has 0 aliphatic rings. The highest BCUT2D eigenvalue weighted by Crippen LogP contribution is 2.26. The van der Waals surface area contributed by atoms with E-state index in [2.05, 4.69) is 25.6 Å². The summed E-state index contributed by atoms with van der Waals surface area (Å²) in [5, 5.41) is 6.43. The molecule has 0 aliphatic carbocycles. The van der Waals surface area contributed by atoms with Gasteiger partial charge in [-0.2, -0.15) is 0 Å². The Bertz CT molecular complexity index is 781. The third-order valence-electron chi connectivity index (χ3n) is 3.08. The molecule has 2 heterocycles. The second kappa shape index (κ2) is 8.07. The molecule has 0 saturated carbocycles. The zero-order valence-corrected chi connectivity index (χ0v) is 13.5. The summed E-state index contributed by atoms with van der Waals surface area (Å²) in [7, 11) is 0. The summed E-state index contributed by atoms with van der Waals surface area (Å²) in [4.78, 5) is 25.1. The molecule has 1 aromatic carbocycles. The van der Waals surface area contributed by atoms with E-state index in [1.165, 1.54) is 11.8 Å². The van der Waals surface area contributed by atoms with Crippen molar-refractivity contribution in [3.05, 3.63) is 72.9 Å². The van der Waals surface area contributed by atoms with Crippen molar-refractivity contribution in [1.29, 1.82) is 0 Å². The highest BCUT2D eigenvalue weighted by Gasteiger charge is 2.03. The van der Waals surface area contributed by atoms with Crippen molar-refractivity contribution in [2.45, 2.75) is 16.5 Å². The van der Waals surface area contributed by atoms with Crippen molar-refractivity contribution in [3.8, 4) is 0 Å². The predicted octanol–water partition coefficient (Wildman–Crippen LogP) is 3.34. The van der Waals surface area contributed by atoms with Crippen LogP contribution in [0.5, 0.6) is 0 Å². The van der Waals surface area contributed by atoms with Gasteiger partial charge in [-0.25, -0.2) is 9.78 Å². The molecule has 0 aliphatic heterocycles. The second-order valence-corrected chi connectivity index (χ2v) is 5.93. The van der Waals surface area contributed by atoms with E-state index in [1.807, 2.05) is 36.4 Å². The maximum Gasteiger partial charge on any atom is 0.319 e. The third kappa shape index (κ3) is 4.79. The monoisotopic (exact) mass is 337 g/mol. The van der Waals surface area contributed by atoms with Gasteiger partial charge in [0.05, 0.1) is 6.20 Å². The van der Waals surface area contributed by atoms with E-state index < -0.39 is 0 Å². The number of carbonyl (C=O) groups excluding carboxylic acids is 1. The molecular weight excluding hydrogens is 322 g/mol.